The van der Waals surface area contributed by atoms with Crippen molar-refractivity contribution in [3.8, 4) is 0 Å². The van der Waals surface area contributed by atoms with Crippen LogP contribution in [-0.2, 0) is 4.79 Å². The summed E-state index contributed by atoms with van der Waals surface area (Å²) in [6.07, 6.45) is 10.2. The third kappa shape index (κ3) is 7.22. The van der Waals surface area contributed by atoms with Gasteiger partial charge in [0.15, 0.2) is 0 Å². The fourth-order valence-corrected chi connectivity index (χ4v) is 5.03. The van der Waals surface area contributed by atoms with E-state index in [1.54, 1.807) is 0 Å². The quantitative estimate of drug-likeness (QED) is 0.523. The summed E-state index contributed by atoms with van der Waals surface area (Å²) >= 11 is 0. The molecule has 32 heavy (non-hydrogen) atoms. The summed E-state index contributed by atoms with van der Waals surface area (Å²) in [7, 11) is 0. The van der Waals surface area contributed by atoms with E-state index in [9.17, 15) is 9.59 Å². The molecule has 2 N–H and O–H groups in total. The average Bonchev–Trinajstić information content (AvgIpc) is 3.35. The Bertz CT molecular complexity index is 735. The Kier molecular flexibility index (Phi) is 9.85. The minimum Gasteiger partial charge on any atom is -0.371 e. The van der Waals surface area contributed by atoms with Crippen molar-refractivity contribution in [3.63, 3.8) is 0 Å². The van der Waals surface area contributed by atoms with Crippen LogP contribution in [-0.4, -0.2) is 56.0 Å². The summed E-state index contributed by atoms with van der Waals surface area (Å²) in [6.45, 7) is 9.66. The highest BCUT2D eigenvalue weighted by atomic mass is 16.2. The first-order valence-corrected chi connectivity index (χ1v) is 12.8. The second-order valence-corrected chi connectivity index (χ2v) is 9.30. The molecule has 2 fully saturated rings. The van der Waals surface area contributed by atoms with E-state index in [-0.39, 0.29) is 11.8 Å². The van der Waals surface area contributed by atoms with Crippen LogP contribution in [0.25, 0.3) is 0 Å². The lowest BCUT2D eigenvalue weighted by Crippen LogP contribution is -2.36. The van der Waals surface area contributed by atoms with Gasteiger partial charge in [-0.1, -0.05) is 39.5 Å². The van der Waals surface area contributed by atoms with Crippen molar-refractivity contribution >= 4 is 23.2 Å². The number of nitrogens with one attached hydrogen (secondary N) is 2. The van der Waals surface area contributed by atoms with Gasteiger partial charge >= 0.3 is 0 Å². The van der Waals surface area contributed by atoms with E-state index >= 15 is 0 Å². The summed E-state index contributed by atoms with van der Waals surface area (Å²) in [5.74, 6) is 0.699. The van der Waals surface area contributed by atoms with E-state index in [0.717, 1.165) is 63.4 Å². The fourth-order valence-electron chi connectivity index (χ4n) is 5.03. The molecular weight excluding hydrogens is 400 g/mol. The highest BCUT2D eigenvalue weighted by Crippen LogP contribution is 2.30. The molecule has 0 aromatic heterocycles. The van der Waals surface area contributed by atoms with Crippen LogP contribution in [0.1, 0.15) is 82.0 Å². The number of hydrogen-bond acceptors (Lipinski definition) is 4. The van der Waals surface area contributed by atoms with Crippen molar-refractivity contribution in [2.45, 2.75) is 71.6 Å². The molecule has 0 radical (unpaired) electrons. The molecule has 0 unspecified atom stereocenters. The van der Waals surface area contributed by atoms with E-state index in [2.05, 4.69) is 34.3 Å². The Morgan fingerprint density at radius 1 is 1.03 bits per heavy atom. The maximum atomic E-state index is 13.1. The van der Waals surface area contributed by atoms with Crippen molar-refractivity contribution in [3.05, 3.63) is 23.8 Å². The number of anilines is 2. The lowest BCUT2D eigenvalue weighted by molar-refractivity contribution is -0.116. The van der Waals surface area contributed by atoms with Gasteiger partial charge < -0.3 is 20.4 Å². The summed E-state index contributed by atoms with van der Waals surface area (Å²) in [5.41, 5.74) is 2.37. The van der Waals surface area contributed by atoms with Gasteiger partial charge in [0.25, 0.3) is 5.91 Å². The van der Waals surface area contributed by atoms with E-state index in [1.807, 2.05) is 18.2 Å². The van der Waals surface area contributed by atoms with Gasteiger partial charge in [-0.15, -0.1) is 0 Å². The molecule has 0 spiro atoms. The van der Waals surface area contributed by atoms with Gasteiger partial charge in [-0.2, -0.15) is 0 Å². The van der Waals surface area contributed by atoms with Crippen LogP contribution in [0.4, 0.5) is 11.4 Å². The number of benzene rings is 1. The number of hydrogen-bond donors (Lipinski definition) is 2. The highest BCUT2D eigenvalue weighted by Gasteiger charge is 2.20. The summed E-state index contributed by atoms with van der Waals surface area (Å²) in [4.78, 5) is 30.3. The zero-order valence-corrected chi connectivity index (χ0v) is 20.1. The first-order chi connectivity index (χ1) is 15.6. The first-order valence-electron chi connectivity index (χ1n) is 12.8. The average molecular weight is 443 g/mol. The Hall–Kier alpha value is -2.08. The third-order valence-electron chi connectivity index (χ3n) is 7.08. The fraction of sp³-hybridized carbons (Fsp3) is 0.692. The van der Waals surface area contributed by atoms with Crippen molar-refractivity contribution in [2.24, 2.45) is 5.92 Å². The van der Waals surface area contributed by atoms with Crippen LogP contribution in [0.2, 0.25) is 0 Å². The standard InChI is InChI=1S/C26H42N4O2/c1-3-29(4-2)19-16-27-26(32)23-20-22(13-14-24(23)30-17-8-5-9-18-30)28-25(31)15-12-21-10-6-7-11-21/h13-14,20-21H,3-12,15-19H2,1-2H3,(H,27,32)(H,28,31). The molecule has 6 heteroatoms. The molecule has 1 saturated carbocycles. The van der Waals surface area contributed by atoms with Crippen LogP contribution in [0.15, 0.2) is 18.2 Å². The van der Waals surface area contributed by atoms with Crippen molar-refractivity contribution in [2.75, 3.05) is 49.5 Å². The lowest BCUT2D eigenvalue weighted by Gasteiger charge is -2.30. The van der Waals surface area contributed by atoms with Crippen molar-refractivity contribution < 1.29 is 9.59 Å². The van der Waals surface area contributed by atoms with Gasteiger partial charge in [-0.25, -0.2) is 0 Å². The van der Waals surface area contributed by atoms with E-state index in [1.165, 1.54) is 32.1 Å². The summed E-state index contributed by atoms with van der Waals surface area (Å²) in [6, 6.07) is 5.82. The molecule has 1 aliphatic heterocycles. The van der Waals surface area contributed by atoms with E-state index < -0.39 is 0 Å². The minimum atomic E-state index is -0.0558. The highest BCUT2D eigenvalue weighted by molar-refractivity contribution is 6.02. The molecule has 0 atom stereocenters. The van der Waals surface area contributed by atoms with Gasteiger partial charge in [-0.05, 0) is 62.9 Å². The molecule has 3 rings (SSSR count). The number of amides is 2. The van der Waals surface area contributed by atoms with Gasteiger partial charge in [0.1, 0.15) is 0 Å². The van der Waals surface area contributed by atoms with Crippen LogP contribution >= 0.6 is 0 Å². The van der Waals surface area contributed by atoms with Gasteiger partial charge in [0.05, 0.1) is 5.56 Å². The van der Waals surface area contributed by atoms with Crippen LogP contribution in [0.3, 0.4) is 0 Å². The largest absolute Gasteiger partial charge is 0.371 e. The smallest absolute Gasteiger partial charge is 0.253 e. The van der Waals surface area contributed by atoms with Gasteiger partial charge in [0.2, 0.25) is 5.91 Å². The van der Waals surface area contributed by atoms with Gasteiger partial charge in [-0.3, -0.25) is 9.59 Å². The third-order valence-corrected chi connectivity index (χ3v) is 7.08. The number of carbonyl (C=O) groups is 2. The Labute approximate surface area is 194 Å². The van der Waals surface area contributed by atoms with Crippen LogP contribution in [0, 0.1) is 5.92 Å². The molecule has 1 heterocycles. The Morgan fingerprint density at radius 2 is 1.75 bits per heavy atom. The van der Waals surface area contributed by atoms with E-state index in [4.69, 9.17) is 0 Å². The van der Waals surface area contributed by atoms with Crippen molar-refractivity contribution in [1.29, 1.82) is 0 Å². The number of rotatable bonds is 11. The molecule has 1 aromatic carbocycles. The Balaban J connectivity index is 1.66. The maximum Gasteiger partial charge on any atom is 0.253 e. The molecule has 2 amide bonds. The normalized spacial score (nSPS) is 17.0. The van der Waals surface area contributed by atoms with Gasteiger partial charge in [0, 0.05) is 44.0 Å². The summed E-state index contributed by atoms with van der Waals surface area (Å²) < 4.78 is 0. The van der Waals surface area contributed by atoms with Crippen LogP contribution in [0.5, 0.6) is 0 Å². The molecule has 6 nitrogen and oxygen atoms in total. The monoisotopic (exact) mass is 442 g/mol. The molecule has 1 saturated heterocycles. The number of likely N-dealkylation sites (N-methyl/N-ethyl adjacent to an activating group) is 1. The lowest BCUT2D eigenvalue weighted by atomic mass is 10.0. The molecule has 178 valence electrons. The predicted molar refractivity (Wildman–Crippen MR) is 132 cm³/mol. The first kappa shape index (κ1) is 24.6. The predicted octanol–water partition coefficient (Wildman–Crippen LogP) is 4.66. The second-order valence-electron chi connectivity index (χ2n) is 9.30. The summed E-state index contributed by atoms with van der Waals surface area (Å²) in [5, 5.41) is 6.14. The second kappa shape index (κ2) is 12.8. The molecule has 1 aromatic rings. The van der Waals surface area contributed by atoms with Crippen molar-refractivity contribution in [1.82, 2.24) is 10.2 Å². The molecule has 0 bridgehead atoms. The van der Waals surface area contributed by atoms with E-state index in [0.29, 0.717) is 24.4 Å². The SMILES string of the molecule is CCN(CC)CCNC(=O)c1cc(NC(=O)CCC2CCCC2)ccc1N1CCCCC1. The zero-order valence-electron chi connectivity index (χ0n) is 20.1. The minimum absolute atomic E-state index is 0.0514. The topological polar surface area (TPSA) is 64.7 Å². The molecule has 1 aliphatic carbocycles. The number of piperidine rings is 1. The van der Waals surface area contributed by atoms with Crippen LogP contribution < -0.4 is 15.5 Å². The molecular formula is C26H42N4O2. The zero-order chi connectivity index (χ0) is 22.8. The Morgan fingerprint density at radius 3 is 2.44 bits per heavy atom. The maximum absolute atomic E-state index is 13.1. The number of nitrogens with zero attached hydrogens (tertiary/aromatic N) is 2. The molecule has 2 aliphatic rings. The number of carbonyl (C=O) groups excluding carboxylic acids is 2.